The van der Waals surface area contributed by atoms with Gasteiger partial charge >= 0.3 is 5.82 Å². The van der Waals surface area contributed by atoms with Crippen molar-refractivity contribution in [3.8, 4) is 11.6 Å². The van der Waals surface area contributed by atoms with Crippen LogP contribution in [-0.4, -0.2) is 48.4 Å². The SMILES string of the molecule is CN(C)c1ccc2nnc(-c3ncc([N+](=O)[O-])n3C)n2n1. The van der Waals surface area contributed by atoms with Crippen molar-refractivity contribution in [2.75, 3.05) is 19.0 Å². The highest BCUT2D eigenvalue weighted by molar-refractivity contribution is 5.55. The predicted octanol–water partition coefficient (Wildman–Crippen LogP) is 0.499. The molecule has 0 aromatic carbocycles. The molecule has 0 bridgehead atoms. The lowest BCUT2D eigenvalue weighted by Gasteiger charge is -2.10. The second-order valence-corrected chi connectivity index (χ2v) is 4.64. The molecule has 0 N–H and O–H groups in total. The second-order valence-electron chi connectivity index (χ2n) is 4.64. The van der Waals surface area contributed by atoms with Gasteiger partial charge in [-0.3, -0.25) is 0 Å². The van der Waals surface area contributed by atoms with Gasteiger partial charge in [0.25, 0.3) is 5.82 Å². The third-order valence-corrected chi connectivity index (χ3v) is 3.06. The Balaban J connectivity index is 2.21. The van der Waals surface area contributed by atoms with Crippen molar-refractivity contribution in [2.45, 2.75) is 0 Å². The molecule has 3 aromatic rings. The number of aromatic nitrogens is 6. The van der Waals surface area contributed by atoms with E-state index in [0.717, 1.165) is 0 Å². The minimum absolute atomic E-state index is 0.120. The van der Waals surface area contributed by atoms with E-state index in [0.29, 0.717) is 23.1 Å². The van der Waals surface area contributed by atoms with Crippen LogP contribution in [0, 0.1) is 10.1 Å². The minimum Gasteiger partial charge on any atom is -0.361 e. The van der Waals surface area contributed by atoms with Crippen molar-refractivity contribution in [1.29, 1.82) is 0 Å². The van der Waals surface area contributed by atoms with E-state index in [1.165, 1.54) is 15.3 Å². The number of hydrogen-bond acceptors (Lipinski definition) is 7. The Morgan fingerprint density at radius 1 is 1.24 bits per heavy atom. The van der Waals surface area contributed by atoms with E-state index in [4.69, 9.17) is 0 Å². The van der Waals surface area contributed by atoms with Gasteiger partial charge in [0.05, 0.1) is 7.05 Å². The average molecular weight is 288 g/mol. The molecule has 10 nitrogen and oxygen atoms in total. The van der Waals surface area contributed by atoms with Gasteiger partial charge in [0.15, 0.2) is 5.65 Å². The summed E-state index contributed by atoms with van der Waals surface area (Å²) in [6.45, 7) is 0. The highest BCUT2D eigenvalue weighted by Crippen LogP contribution is 2.21. The highest BCUT2D eigenvalue weighted by Gasteiger charge is 2.23. The van der Waals surface area contributed by atoms with Crippen LogP contribution in [0.4, 0.5) is 11.6 Å². The highest BCUT2D eigenvalue weighted by atomic mass is 16.6. The van der Waals surface area contributed by atoms with Crippen molar-refractivity contribution in [2.24, 2.45) is 7.05 Å². The second kappa shape index (κ2) is 4.51. The van der Waals surface area contributed by atoms with E-state index >= 15 is 0 Å². The molecule has 3 heterocycles. The lowest BCUT2D eigenvalue weighted by atomic mass is 10.5. The summed E-state index contributed by atoms with van der Waals surface area (Å²) in [5, 5.41) is 23.3. The maximum Gasteiger partial charge on any atom is 0.343 e. The number of nitro groups is 1. The summed E-state index contributed by atoms with van der Waals surface area (Å²) in [6, 6.07) is 3.59. The topological polar surface area (TPSA) is 107 Å². The van der Waals surface area contributed by atoms with Crippen LogP contribution in [0.1, 0.15) is 0 Å². The van der Waals surface area contributed by atoms with E-state index in [1.807, 2.05) is 25.1 Å². The fourth-order valence-electron chi connectivity index (χ4n) is 1.94. The molecule has 0 unspecified atom stereocenters. The first kappa shape index (κ1) is 13.0. The van der Waals surface area contributed by atoms with Gasteiger partial charge in [-0.25, -0.2) is 9.55 Å². The summed E-state index contributed by atoms with van der Waals surface area (Å²) in [5.74, 6) is 1.28. The molecule has 0 fully saturated rings. The van der Waals surface area contributed by atoms with Gasteiger partial charge in [0.2, 0.25) is 5.82 Å². The zero-order chi connectivity index (χ0) is 15.1. The number of hydrogen-bond donors (Lipinski definition) is 0. The van der Waals surface area contributed by atoms with Gasteiger partial charge in [-0.1, -0.05) is 0 Å². The van der Waals surface area contributed by atoms with Crippen molar-refractivity contribution in [1.82, 2.24) is 29.4 Å². The molecular formula is C11H12N8O2. The first-order valence-corrected chi connectivity index (χ1v) is 6.05. The van der Waals surface area contributed by atoms with Crippen LogP contribution in [0.3, 0.4) is 0 Å². The maximum absolute atomic E-state index is 10.9. The summed E-state index contributed by atoms with van der Waals surface area (Å²) in [4.78, 5) is 16.3. The van der Waals surface area contributed by atoms with Gasteiger partial charge in [0, 0.05) is 14.1 Å². The average Bonchev–Trinajstić information content (AvgIpc) is 3.01. The number of nitrogens with zero attached hydrogens (tertiary/aromatic N) is 8. The normalized spacial score (nSPS) is 11.0. The van der Waals surface area contributed by atoms with Gasteiger partial charge in [-0.2, -0.15) is 4.52 Å². The van der Waals surface area contributed by atoms with Crippen LogP contribution in [0.15, 0.2) is 18.3 Å². The Morgan fingerprint density at radius 3 is 2.62 bits per heavy atom. The molecule has 0 aliphatic rings. The predicted molar refractivity (Wildman–Crippen MR) is 74.0 cm³/mol. The van der Waals surface area contributed by atoms with Crippen LogP contribution in [-0.2, 0) is 7.05 Å². The Hall–Kier alpha value is -3.04. The van der Waals surface area contributed by atoms with E-state index in [2.05, 4.69) is 20.3 Å². The fourth-order valence-corrected chi connectivity index (χ4v) is 1.94. The first-order valence-electron chi connectivity index (χ1n) is 6.05. The summed E-state index contributed by atoms with van der Waals surface area (Å²) < 4.78 is 2.86. The fraction of sp³-hybridized carbons (Fsp3) is 0.273. The summed E-state index contributed by atoms with van der Waals surface area (Å²) >= 11 is 0. The van der Waals surface area contributed by atoms with E-state index < -0.39 is 4.92 Å². The molecule has 0 amide bonds. The largest absolute Gasteiger partial charge is 0.361 e. The monoisotopic (exact) mass is 288 g/mol. The summed E-state index contributed by atoms with van der Waals surface area (Å²) in [7, 11) is 5.28. The standard InChI is InChI=1S/C11H12N8O2/c1-16(2)8-5-4-7-13-14-11(18(7)15-8)10-12-6-9(17(10)3)19(20)21/h4-6H,1-3H3. The van der Waals surface area contributed by atoms with Crippen molar-refractivity contribution < 1.29 is 4.92 Å². The molecule has 0 atom stereocenters. The van der Waals surface area contributed by atoms with E-state index in [-0.39, 0.29) is 5.82 Å². The lowest BCUT2D eigenvalue weighted by Crippen LogP contribution is -2.12. The molecule has 10 heteroatoms. The Morgan fingerprint density at radius 2 is 2.00 bits per heavy atom. The molecule has 0 saturated carbocycles. The molecule has 0 aliphatic heterocycles. The zero-order valence-electron chi connectivity index (χ0n) is 11.6. The van der Waals surface area contributed by atoms with Crippen molar-refractivity contribution >= 4 is 17.3 Å². The number of rotatable bonds is 3. The molecule has 0 aliphatic carbocycles. The molecule has 3 aromatic heterocycles. The molecular weight excluding hydrogens is 276 g/mol. The zero-order valence-corrected chi connectivity index (χ0v) is 11.6. The third kappa shape index (κ3) is 1.96. The van der Waals surface area contributed by atoms with Crippen LogP contribution < -0.4 is 4.90 Å². The Bertz CT molecular complexity index is 834. The Kier molecular flexibility index (Phi) is 2.78. The van der Waals surface area contributed by atoms with E-state index in [9.17, 15) is 10.1 Å². The number of imidazole rings is 1. The number of fused-ring (bicyclic) bond motifs is 1. The van der Waals surface area contributed by atoms with Gasteiger partial charge < -0.3 is 15.0 Å². The van der Waals surface area contributed by atoms with Crippen molar-refractivity contribution in [3.05, 3.63) is 28.4 Å². The van der Waals surface area contributed by atoms with E-state index in [1.54, 1.807) is 13.1 Å². The summed E-state index contributed by atoms with van der Waals surface area (Å²) in [5.41, 5.74) is 0.543. The van der Waals surface area contributed by atoms with Crippen LogP contribution in [0.5, 0.6) is 0 Å². The smallest absolute Gasteiger partial charge is 0.343 e. The molecule has 21 heavy (non-hydrogen) atoms. The molecule has 0 spiro atoms. The molecule has 108 valence electrons. The van der Waals surface area contributed by atoms with Crippen LogP contribution in [0.25, 0.3) is 17.3 Å². The van der Waals surface area contributed by atoms with Crippen molar-refractivity contribution in [3.63, 3.8) is 0 Å². The van der Waals surface area contributed by atoms with Crippen LogP contribution >= 0.6 is 0 Å². The quantitative estimate of drug-likeness (QED) is 0.510. The van der Waals surface area contributed by atoms with Crippen LogP contribution in [0.2, 0.25) is 0 Å². The minimum atomic E-state index is -0.502. The summed E-state index contributed by atoms with van der Waals surface area (Å²) in [6.07, 6.45) is 1.19. The lowest BCUT2D eigenvalue weighted by molar-refractivity contribution is -0.391. The van der Waals surface area contributed by atoms with Gasteiger partial charge in [-0.15, -0.1) is 15.3 Å². The van der Waals surface area contributed by atoms with Gasteiger partial charge in [0.1, 0.15) is 12.0 Å². The molecule has 0 radical (unpaired) electrons. The van der Waals surface area contributed by atoms with Gasteiger partial charge in [-0.05, 0) is 17.1 Å². The third-order valence-electron chi connectivity index (χ3n) is 3.06. The Labute approximate surface area is 118 Å². The number of anilines is 1. The molecule has 3 rings (SSSR count). The first-order chi connectivity index (χ1) is 9.99. The molecule has 0 saturated heterocycles. The maximum atomic E-state index is 10.9.